The van der Waals surface area contributed by atoms with Crippen molar-refractivity contribution in [3.05, 3.63) is 115 Å². The molecular formula is C29H32B2N2O3. The first-order valence-electron chi connectivity index (χ1n) is 12.4. The number of nitrogens with one attached hydrogen (secondary N) is 2. The van der Waals surface area contributed by atoms with E-state index in [1.807, 2.05) is 60.7 Å². The summed E-state index contributed by atoms with van der Waals surface area (Å²) in [6.07, 6.45) is 0. The molecule has 0 aliphatic heterocycles. The first kappa shape index (κ1) is 25.4. The van der Waals surface area contributed by atoms with Crippen molar-refractivity contribution in [3.8, 4) is 5.75 Å². The summed E-state index contributed by atoms with van der Waals surface area (Å²) in [7, 11) is 1.19. The van der Waals surface area contributed by atoms with Crippen LogP contribution in [-0.4, -0.2) is 41.3 Å². The maximum atomic E-state index is 5.94. The Morgan fingerprint density at radius 1 is 0.528 bits per heavy atom. The van der Waals surface area contributed by atoms with Gasteiger partial charge in [0.1, 0.15) is 12.4 Å². The van der Waals surface area contributed by atoms with Crippen molar-refractivity contribution in [2.75, 3.05) is 36.9 Å². The molecule has 0 saturated carbocycles. The first-order chi connectivity index (χ1) is 17.8. The quantitative estimate of drug-likeness (QED) is 0.203. The van der Waals surface area contributed by atoms with E-state index in [2.05, 4.69) is 59.2 Å². The number of anilines is 2. The van der Waals surface area contributed by atoms with Crippen molar-refractivity contribution in [2.24, 2.45) is 0 Å². The van der Waals surface area contributed by atoms with E-state index >= 15 is 0 Å². The maximum absolute atomic E-state index is 5.94. The van der Waals surface area contributed by atoms with Gasteiger partial charge >= 0.3 is 15.0 Å². The van der Waals surface area contributed by atoms with Gasteiger partial charge in [-0.05, 0) is 42.0 Å². The molecule has 182 valence electrons. The summed E-state index contributed by atoms with van der Waals surface area (Å²) in [5.41, 5.74) is 5.63. The third kappa shape index (κ3) is 9.17. The molecule has 0 aliphatic carbocycles. The highest BCUT2D eigenvalue weighted by molar-refractivity contribution is 6.47. The van der Waals surface area contributed by atoms with Crippen molar-refractivity contribution in [1.29, 1.82) is 0 Å². The van der Waals surface area contributed by atoms with E-state index in [0.29, 0.717) is 34.8 Å². The Kier molecular flexibility index (Phi) is 10.4. The summed E-state index contributed by atoms with van der Waals surface area (Å²) in [6.45, 7) is 3.40. The Balaban J connectivity index is 1.08. The molecule has 0 radical (unpaired) electrons. The molecule has 0 unspecified atom stereocenters. The minimum absolute atomic E-state index is 0.531. The summed E-state index contributed by atoms with van der Waals surface area (Å²) >= 11 is 0. The minimum atomic E-state index is 0.531. The normalized spacial score (nSPS) is 10.4. The molecule has 0 aliphatic rings. The van der Waals surface area contributed by atoms with Crippen molar-refractivity contribution in [2.45, 2.75) is 6.61 Å². The third-order valence-electron chi connectivity index (χ3n) is 5.59. The van der Waals surface area contributed by atoms with Gasteiger partial charge in [-0.3, -0.25) is 0 Å². The van der Waals surface area contributed by atoms with Gasteiger partial charge < -0.3 is 24.7 Å². The van der Waals surface area contributed by atoms with Gasteiger partial charge in [0.15, 0.2) is 0 Å². The lowest BCUT2D eigenvalue weighted by molar-refractivity contribution is 0.306. The number of hydrogen-bond acceptors (Lipinski definition) is 5. The fourth-order valence-electron chi connectivity index (χ4n) is 3.61. The Labute approximate surface area is 215 Å². The highest BCUT2D eigenvalue weighted by atomic mass is 16.5. The summed E-state index contributed by atoms with van der Waals surface area (Å²) in [6, 6.07) is 36.8. The molecular weight excluding hydrogens is 446 g/mol. The van der Waals surface area contributed by atoms with Crippen LogP contribution in [-0.2, 0) is 15.9 Å². The number of ether oxygens (including phenoxy) is 1. The second-order valence-electron chi connectivity index (χ2n) is 8.44. The van der Waals surface area contributed by atoms with Crippen molar-refractivity contribution in [1.82, 2.24) is 0 Å². The molecule has 2 N–H and O–H groups in total. The van der Waals surface area contributed by atoms with E-state index in [4.69, 9.17) is 14.0 Å². The molecule has 0 aromatic heterocycles. The van der Waals surface area contributed by atoms with Gasteiger partial charge in [-0.25, -0.2) is 0 Å². The molecule has 0 fully saturated rings. The molecule has 4 aromatic carbocycles. The second kappa shape index (κ2) is 14.7. The van der Waals surface area contributed by atoms with Gasteiger partial charge in [-0.2, -0.15) is 0 Å². The summed E-state index contributed by atoms with van der Waals surface area (Å²) in [5.74, 6) is 0.850. The van der Waals surface area contributed by atoms with Crippen molar-refractivity contribution >= 4 is 37.3 Å². The molecule has 4 rings (SSSR count). The van der Waals surface area contributed by atoms with E-state index in [9.17, 15) is 0 Å². The van der Waals surface area contributed by atoms with Gasteiger partial charge in [0.05, 0.1) is 0 Å². The first-order valence-corrected chi connectivity index (χ1v) is 12.4. The average molecular weight is 478 g/mol. The topological polar surface area (TPSA) is 51.8 Å². The van der Waals surface area contributed by atoms with Crippen LogP contribution in [0, 0.1) is 0 Å². The van der Waals surface area contributed by atoms with Crippen LogP contribution in [0.1, 0.15) is 5.56 Å². The lowest BCUT2D eigenvalue weighted by Crippen LogP contribution is -2.21. The number of para-hydroxylation sites is 2. The zero-order chi connectivity index (χ0) is 24.7. The maximum Gasteiger partial charge on any atom is 0.308 e. The number of hydrogen-bond donors (Lipinski definition) is 2. The van der Waals surface area contributed by atoms with Gasteiger partial charge in [0, 0.05) is 37.7 Å². The molecule has 5 nitrogen and oxygen atoms in total. The number of benzene rings is 4. The molecule has 7 heteroatoms. The van der Waals surface area contributed by atoms with Crippen LogP contribution in [0.15, 0.2) is 109 Å². The zero-order valence-corrected chi connectivity index (χ0v) is 20.6. The molecule has 0 heterocycles. The van der Waals surface area contributed by atoms with Crippen molar-refractivity contribution < 1.29 is 14.0 Å². The molecule has 36 heavy (non-hydrogen) atoms. The van der Waals surface area contributed by atoms with Crippen LogP contribution < -0.4 is 26.3 Å². The molecule has 4 aromatic rings. The Morgan fingerprint density at radius 3 is 1.50 bits per heavy atom. The highest BCUT2D eigenvalue weighted by Gasteiger charge is 2.02. The monoisotopic (exact) mass is 478 g/mol. The van der Waals surface area contributed by atoms with E-state index in [1.54, 1.807) is 0 Å². The third-order valence-corrected chi connectivity index (χ3v) is 5.59. The van der Waals surface area contributed by atoms with Crippen LogP contribution in [0.4, 0.5) is 11.4 Å². The van der Waals surface area contributed by atoms with E-state index in [0.717, 1.165) is 46.7 Å². The summed E-state index contributed by atoms with van der Waals surface area (Å²) in [5, 5.41) is 6.69. The van der Waals surface area contributed by atoms with Gasteiger partial charge in [-0.15, -0.1) is 0 Å². The van der Waals surface area contributed by atoms with Crippen LogP contribution in [0.2, 0.25) is 0 Å². The average Bonchev–Trinajstić information content (AvgIpc) is 2.94. The highest BCUT2D eigenvalue weighted by Crippen LogP contribution is 2.11. The molecule has 0 amide bonds. The SMILES string of the molecule is B(OCCNc1ccccc1)c1ccc(COc2ccc(BOCCNc3ccccc3)cc2)cc1. The van der Waals surface area contributed by atoms with Gasteiger partial charge in [-0.1, -0.05) is 83.7 Å². The molecule has 0 atom stereocenters. The fraction of sp³-hybridized carbons (Fsp3) is 0.172. The predicted molar refractivity (Wildman–Crippen MR) is 153 cm³/mol. The zero-order valence-electron chi connectivity index (χ0n) is 20.6. The van der Waals surface area contributed by atoms with Crippen LogP contribution >= 0.6 is 0 Å². The number of rotatable bonds is 15. The summed E-state index contributed by atoms with van der Waals surface area (Å²) in [4.78, 5) is 0. The fourth-order valence-corrected chi connectivity index (χ4v) is 3.61. The predicted octanol–water partition coefficient (Wildman–Crippen LogP) is 3.48. The smallest absolute Gasteiger partial charge is 0.308 e. The van der Waals surface area contributed by atoms with Crippen LogP contribution in [0.3, 0.4) is 0 Å². The Hall–Kier alpha value is -3.67. The largest absolute Gasteiger partial charge is 0.489 e. The van der Waals surface area contributed by atoms with Crippen LogP contribution in [0.5, 0.6) is 5.75 Å². The molecule has 0 spiro atoms. The van der Waals surface area contributed by atoms with E-state index in [-0.39, 0.29) is 0 Å². The van der Waals surface area contributed by atoms with Gasteiger partial charge in [0.25, 0.3) is 0 Å². The van der Waals surface area contributed by atoms with Crippen molar-refractivity contribution in [3.63, 3.8) is 0 Å². The Bertz CT molecular complexity index is 1040. The standard InChI is InChI=1S/C29H32B2N2O3/c1-3-7-27(8-4-1)32-19-21-35-30-25-13-11-24(12-14-25)23-34-29-17-15-26(16-18-29)31-36-22-20-33-28-9-5-2-6-10-28/h1-18,30-33H,19-23H2. The lowest BCUT2D eigenvalue weighted by atomic mass is 9.87. The van der Waals surface area contributed by atoms with Crippen LogP contribution in [0.25, 0.3) is 0 Å². The van der Waals surface area contributed by atoms with E-state index in [1.165, 1.54) is 0 Å². The molecule has 0 bridgehead atoms. The van der Waals surface area contributed by atoms with Gasteiger partial charge in [0.2, 0.25) is 0 Å². The van der Waals surface area contributed by atoms with E-state index < -0.39 is 0 Å². The lowest BCUT2D eigenvalue weighted by Gasteiger charge is -2.09. The Morgan fingerprint density at radius 2 is 1.00 bits per heavy atom. The minimum Gasteiger partial charge on any atom is -0.489 e. The molecule has 0 saturated heterocycles. The second-order valence-corrected chi connectivity index (χ2v) is 8.44. The summed E-state index contributed by atoms with van der Waals surface area (Å²) < 4.78 is 17.5.